The molecule has 38 heavy (non-hydrogen) atoms. The summed E-state index contributed by atoms with van der Waals surface area (Å²) in [6.45, 7) is 0. The first kappa shape index (κ1) is 20.9. The van der Waals surface area contributed by atoms with Crippen LogP contribution in [0.15, 0.2) is 124 Å². The zero-order valence-electron chi connectivity index (χ0n) is 20.1. The zero-order valence-corrected chi connectivity index (χ0v) is 20.1. The molecular weight excluding hydrogens is 470 g/mol. The van der Waals surface area contributed by atoms with Crippen LogP contribution in [0, 0.1) is 0 Å². The third kappa shape index (κ3) is 3.22. The summed E-state index contributed by atoms with van der Waals surface area (Å²) in [6.07, 6.45) is 1.80. The van der Waals surface area contributed by atoms with Crippen molar-refractivity contribution >= 4 is 44.0 Å². The molecule has 0 unspecified atom stereocenters. The first-order valence-corrected chi connectivity index (χ1v) is 12.4. The molecule has 0 aliphatic carbocycles. The van der Waals surface area contributed by atoms with Crippen molar-refractivity contribution in [1.82, 2.24) is 15.0 Å². The van der Waals surface area contributed by atoms with Gasteiger partial charge in [0, 0.05) is 45.1 Å². The summed E-state index contributed by atoms with van der Waals surface area (Å²) < 4.78 is 12.5. The van der Waals surface area contributed by atoms with Gasteiger partial charge in [0.2, 0.25) is 0 Å². The minimum atomic E-state index is 0.633. The Morgan fingerprint density at radius 1 is 0.500 bits per heavy atom. The molecule has 0 saturated carbocycles. The highest BCUT2D eigenvalue weighted by atomic mass is 16.3. The van der Waals surface area contributed by atoms with E-state index in [1.54, 1.807) is 6.20 Å². The van der Waals surface area contributed by atoms with Crippen molar-refractivity contribution in [1.29, 1.82) is 0 Å². The van der Waals surface area contributed by atoms with Gasteiger partial charge in [0.05, 0.1) is 5.69 Å². The van der Waals surface area contributed by atoms with Crippen LogP contribution in [0.4, 0.5) is 0 Å². The molecule has 0 aliphatic rings. The van der Waals surface area contributed by atoms with Crippen molar-refractivity contribution in [3.63, 3.8) is 0 Å². The van der Waals surface area contributed by atoms with Crippen LogP contribution in [0.25, 0.3) is 77.9 Å². The minimum Gasteiger partial charge on any atom is -0.456 e. The van der Waals surface area contributed by atoms with Crippen molar-refractivity contribution in [2.24, 2.45) is 0 Å². The Kier molecular flexibility index (Phi) is 4.45. The Hall–Kier alpha value is -5.29. The van der Waals surface area contributed by atoms with Crippen molar-refractivity contribution < 1.29 is 8.83 Å². The topological polar surface area (TPSA) is 65.0 Å². The summed E-state index contributed by atoms with van der Waals surface area (Å²) in [5.74, 6) is 0.633. The van der Waals surface area contributed by atoms with E-state index < -0.39 is 0 Å². The molecule has 0 aliphatic heterocycles. The van der Waals surface area contributed by atoms with Gasteiger partial charge >= 0.3 is 0 Å². The van der Waals surface area contributed by atoms with Crippen LogP contribution in [0.1, 0.15) is 0 Å². The van der Waals surface area contributed by atoms with E-state index >= 15 is 0 Å². The molecule has 4 aromatic carbocycles. The molecule has 0 saturated heterocycles. The maximum Gasteiger partial charge on any atom is 0.180 e. The molecule has 0 atom stereocenters. The Morgan fingerprint density at radius 3 is 2.18 bits per heavy atom. The lowest BCUT2D eigenvalue weighted by Gasteiger charge is -2.08. The first-order chi connectivity index (χ1) is 18.8. The number of hydrogen-bond donors (Lipinski definition) is 0. The third-order valence-corrected chi connectivity index (χ3v) is 6.94. The number of fused-ring (bicyclic) bond motifs is 6. The van der Waals surface area contributed by atoms with Gasteiger partial charge < -0.3 is 8.83 Å². The summed E-state index contributed by atoms with van der Waals surface area (Å²) in [5.41, 5.74) is 8.35. The number of aromatic nitrogens is 3. The van der Waals surface area contributed by atoms with E-state index in [9.17, 15) is 0 Å². The number of nitrogens with zero attached hydrogens (tertiary/aromatic N) is 3. The van der Waals surface area contributed by atoms with Gasteiger partial charge in [-0.3, -0.25) is 4.98 Å². The monoisotopic (exact) mass is 489 g/mol. The second-order valence-electron chi connectivity index (χ2n) is 9.28. The van der Waals surface area contributed by atoms with Crippen molar-refractivity contribution in [2.45, 2.75) is 0 Å². The number of furan rings is 2. The van der Waals surface area contributed by atoms with Crippen LogP contribution in [-0.4, -0.2) is 15.0 Å². The first-order valence-electron chi connectivity index (χ1n) is 12.4. The molecule has 5 heteroatoms. The Labute approximate surface area is 217 Å². The molecule has 0 spiro atoms. The second-order valence-corrected chi connectivity index (χ2v) is 9.28. The van der Waals surface area contributed by atoms with Crippen LogP contribution in [0.2, 0.25) is 0 Å². The Morgan fingerprint density at radius 2 is 1.29 bits per heavy atom. The molecule has 0 fully saturated rings. The fourth-order valence-corrected chi connectivity index (χ4v) is 5.13. The van der Waals surface area contributed by atoms with Crippen LogP contribution in [-0.2, 0) is 0 Å². The quantitative estimate of drug-likeness (QED) is 0.248. The Balaban J connectivity index is 1.42. The normalized spacial score (nSPS) is 11.7. The van der Waals surface area contributed by atoms with Gasteiger partial charge in [-0.05, 0) is 30.3 Å². The smallest absolute Gasteiger partial charge is 0.180 e. The lowest BCUT2D eigenvalue weighted by Crippen LogP contribution is -1.94. The minimum absolute atomic E-state index is 0.633. The van der Waals surface area contributed by atoms with Gasteiger partial charge in [0.25, 0.3) is 0 Å². The van der Waals surface area contributed by atoms with Crippen LogP contribution >= 0.6 is 0 Å². The van der Waals surface area contributed by atoms with E-state index in [4.69, 9.17) is 18.8 Å². The van der Waals surface area contributed by atoms with Crippen LogP contribution < -0.4 is 0 Å². The standard InChI is InChI=1S/C33H19N3O2/c1-2-9-20(10-3-1)30-32-31(25-18-24-23-13-4-5-15-27(23)37-28(24)19-29(25)38-32)36-33(35-30)22-12-8-11-21(17-22)26-14-6-7-16-34-26/h1-19H. The number of rotatable bonds is 3. The predicted molar refractivity (Wildman–Crippen MR) is 151 cm³/mol. The summed E-state index contributed by atoms with van der Waals surface area (Å²) in [6, 6.07) is 36.3. The van der Waals surface area contributed by atoms with Gasteiger partial charge in [-0.15, -0.1) is 0 Å². The molecule has 4 aromatic heterocycles. The lowest BCUT2D eigenvalue weighted by atomic mass is 10.1. The fourth-order valence-electron chi connectivity index (χ4n) is 5.13. The van der Waals surface area contributed by atoms with Crippen molar-refractivity contribution in [2.75, 3.05) is 0 Å². The average Bonchev–Trinajstić information content (AvgIpc) is 3.53. The maximum atomic E-state index is 6.43. The van der Waals surface area contributed by atoms with E-state index in [0.717, 1.165) is 66.5 Å². The number of hydrogen-bond acceptors (Lipinski definition) is 5. The molecule has 5 nitrogen and oxygen atoms in total. The van der Waals surface area contributed by atoms with Crippen LogP contribution in [0.5, 0.6) is 0 Å². The summed E-state index contributed by atoms with van der Waals surface area (Å²) >= 11 is 0. The van der Waals surface area contributed by atoms with Gasteiger partial charge in [0.1, 0.15) is 28.0 Å². The second kappa shape index (κ2) is 8.11. The van der Waals surface area contributed by atoms with E-state index in [2.05, 4.69) is 29.2 Å². The van der Waals surface area contributed by atoms with Gasteiger partial charge in [0.15, 0.2) is 11.4 Å². The highest BCUT2D eigenvalue weighted by Gasteiger charge is 2.20. The number of para-hydroxylation sites is 1. The molecule has 0 N–H and O–H groups in total. The van der Waals surface area contributed by atoms with Gasteiger partial charge in [-0.2, -0.15) is 0 Å². The SMILES string of the molecule is c1ccc(-c2nc(-c3cccc(-c4ccccn4)c3)nc3c2oc2cc4oc5ccccc5c4cc23)cc1. The maximum absolute atomic E-state index is 6.43. The van der Waals surface area contributed by atoms with E-state index in [1.807, 2.05) is 84.9 Å². The molecule has 0 amide bonds. The summed E-state index contributed by atoms with van der Waals surface area (Å²) in [7, 11) is 0. The highest BCUT2D eigenvalue weighted by molar-refractivity contribution is 6.15. The molecule has 0 bridgehead atoms. The highest BCUT2D eigenvalue weighted by Crippen LogP contribution is 2.39. The van der Waals surface area contributed by atoms with Gasteiger partial charge in [-0.25, -0.2) is 9.97 Å². The van der Waals surface area contributed by atoms with Crippen LogP contribution in [0.3, 0.4) is 0 Å². The molecular formula is C33H19N3O2. The van der Waals surface area contributed by atoms with E-state index in [0.29, 0.717) is 11.4 Å². The van der Waals surface area contributed by atoms with E-state index in [-0.39, 0.29) is 0 Å². The zero-order chi connectivity index (χ0) is 25.1. The summed E-state index contributed by atoms with van der Waals surface area (Å²) in [5, 5.41) is 3.04. The molecule has 8 rings (SSSR count). The largest absolute Gasteiger partial charge is 0.456 e. The fraction of sp³-hybridized carbons (Fsp3) is 0. The third-order valence-electron chi connectivity index (χ3n) is 6.94. The number of benzene rings is 4. The molecule has 4 heterocycles. The van der Waals surface area contributed by atoms with Crippen molar-refractivity contribution in [3.8, 4) is 33.9 Å². The Bertz CT molecular complexity index is 2130. The summed E-state index contributed by atoms with van der Waals surface area (Å²) in [4.78, 5) is 14.6. The van der Waals surface area contributed by atoms with E-state index in [1.165, 1.54) is 0 Å². The number of pyridine rings is 1. The lowest BCUT2D eigenvalue weighted by molar-refractivity contribution is 0.655. The molecule has 178 valence electrons. The molecule has 0 radical (unpaired) electrons. The molecule has 8 aromatic rings. The predicted octanol–water partition coefficient (Wildman–Crippen LogP) is 8.67. The average molecular weight is 490 g/mol. The van der Waals surface area contributed by atoms with Gasteiger partial charge in [-0.1, -0.05) is 72.8 Å². The van der Waals surface area contributed by atoms with Crippen molar-refractivity contribution in [3.05, 3.63) is 115 Å².